The number of nitrogens with one attached hydrogen (secondary N) is 1. The zero-order valence-corrected chi connectivity index (χ0v) is 13.4. The van der Waals surface area contributed by atoms with E-state index >= 15 is 0 Å². The zero-order chi connectivity index (χ0) is 14.4. The zero-order valence-electron chi connectivity index (χ0n) is 13.4. The number of hydrogen-bond acceptors (Lipinski definition) is 2. The van der Waals surface area contributed by atoms with Crippen LogP contribution in [0.1, 0.15) is 51.2 Å². The number of benzene rings is 1. The molecule has 1 aromatic rings. The van der Waals surface area contributed by atoms with Crippen LogP contribution in [0.5, 0.6) is 0 Å². The molecule has 1 aromatic carbocycles. The van der Waals surface area contributed by atoms with Crippen molar-refractivity contribution in [3.63, 3.8) is 0 Å². The van der Waals surface area contributed by atoms with E-state index in [0.29, 0.717) is 0 Å². The summed E-state index contributed by atoms with van der Waals surface area (Å²) in [6.07, 6.45) is 3.99. The van der Waals surface area contributed by atoms with Gasteiger partial charge in [-0.1, -0.05) is 45.0 Å². The maximum atomic E-state index is 3.46. The summed E-state index contributed by atoms with van der Waals surface area (Å²) in [7, 11) is 0. The van der Waals surface area contributed by atoms with Gasteiger partial charge in [0, 0.05) is 25.7 Å². The lowest BCUT2D eigenvalue weighted by Gasteiger charge is -2.24. The van der Waals surface area contributed by atoms with Gasteiger partial charge in [-0.3, -0.25) is 4.90 Å². The highest BCUT2D eigenvalue weighted by Gasteiger charge is 2.29. The summed E-state index contributed by atoms with van der Waals surface area (Å²) in [4.78, 5) is 2.66. The maximum Gasteiger partial charge on any atom is 0.0236 e. The number of nitrogens with zero attached hydrogens (tertiary/aromatic N) is 1. The Kier molecular flexibility index (Phi) is 6.06. The summed E-state index contributed by atoms with van der Waals surface area (Å²) in [5.74, 6) is 0.758. The van der Waals surface area contributed by atoms with Crippen LogP contribution in [-0.4, -0.2) is 24.0 Å². The van der Waals surface area contributed by atoms with Gasteiger partial charge in [0.25, 0.3) is 0 Å². The molecule has 1 aliphatic carbocycles. The van der Waals surface area contributed by atoms with Gasteiger partial charge in [-0.05, 0) is 42.9 Å². The van der Waals surface area contributed by atoms with Gasteiger partial charge in [-0.15, -0.1) is 0 Å². The smallest absolute Gasteiger partial charge is 0.0236 e. The molecule has 1 saturated carbocycles. The summed E-state index contributed by atoms with van der Waals surface area (Å²) in [5.41, 5.74) is 2.85. The number of hydrogen-bond donors (Lipinski definition) is 1. The molecule has 0 amide bonds. The van der Waals surface area contributed by atoms with Crippen LogP contribution in [0.2, 0.25) is 0 Å². The summed E-state index contributed by atoms with van der Waals surface area (Å²) in [6, 6.07) is 10.0. The van der Waals surface area contributed by atoms with Crippen molar-refractivity contribution in [2.75, 3.05) is 13.1 Å². The van der Waals surface area contributed by atoms with Crippen molar-refractivity contribution in [2.45, 2.75) is 59.2 Å². The van der Waals surface area contributed by atoms with Gasteiger partial charge in [0.2, 0.25) is 0 Å². The van der Waals surface area contributed by atoms with Crippen LogP contribution in [0.15, 0.2) is 24.3 Å². The minimum atomic E-state index is 0.758. The molecule has 0 atom stereocenters. The Morgan fingerprint density at radius 2 is 1.80 bits per heavy atom. The normalized spacial score (nSPS) is 15.2. The van der Waals surface area contributed by atoms with Crippen molar-refractivity contribution in [1.82, 2.24) is 10.2 Å². The molecule has 1 aliphatic rings. The van der Waals surface area contributed by atoms with Gasteiger partial charge in [-0.2, -0.15) is 0 Å². The van der Waals surface area contributed by atoms with Gasteiger partial charge in [0.1, 0.15) is 0 Å². The van der Waals surface area contributed by atoms with Crippen molar-refractivity contribution < 1.29 is 0 Å². The Labute approximate surface area is 124 Å². The highest BCUT2D eigenvalue weighted by Crippen LogP contribution is 2.29. The predicted octanol–water partition coefficient (Wildman–Crippen LogP) is 3.81. The third-order valence-corrected chi connectivity index (χ3v) is 3.83. The highest BCUT2D eigenvalue weighted by atomic mass is 15.2. The Balaban J connectivity index is 1.85. The Hall–Kier alpha value is -0.860. The molecular formula is C18H30N2. The SMILES string of the molecule is CCCNCc1ccc(CN(CC(C)C)C2CC2)cc1. The fraction of sp³-hybridized carbons (Fsp3) is 0.667. The Bertz CT molecular complexity index is 379. The van der Waals surface area contributed by atoms with E-state index in [9.17, 15) is 0 Å². The van der Waals surface area contributed by atoms with Crippen LogP contribution in [0, 0.1) is 5.92 Å². The fourth-order valence-corrected chi connectivity index (χ4v) is 2.66. The fourth-order valence-electron chi connectivity index (χ4n) is 2.66. The van der Waals surface area contributed by atoms with E-state index < -0.39 is 0 Å². The topological polar surface area (TPSA) is 15.3 Å². The van der Waals surface area contributed by atoms with Crippen LogP contribution in [-0.2, 0) is 13.1 Å². The van der Waals surface area contributed by atoms with Crippen LogP contribution in [0.3, 0.4) is 0 Å². The molecule has 0 unspecified atom stereocenters. The molecule has 0 aliphatic heterocycles. The Morgan fingerprint density at radius 3 is 2.35 bits per heavy atom. The highest BCUT2D eigenvalue weighted by molar-refractivity contribution is 5.22. The van der Waals surface area contributed by atoms with Gasteiger partial charge in [0.15, 0.2) is 0 Å². The molecule has 0 heterocycles. The largest absolute Gasteiger partial charge is 0.313 e. The minimum Gasteiger partial charge on any atom is -0.313 e. The summed E-state index contributed by atoms with van der Waals surface area (Å²) in [6.45, 7) is 11.3. The van der Waals surface area contributed by atoms with Crippen molar-refractivity contribution in [3.8, 4) is 0 Å². The van der Waals surface area contributed by atoms with E-state index in [1.807, 2.05) is 0 Å². The molecule has 2 rings (SSSR count). The molecule has 0 spiro atoms. The quantitative estimate of drug-likeness (QED) is 0.689. The monoisotopic (exact) mass is 274 g/mol. The summed E-state index contributed by atoms with van der Waals surface area (Å²) >= 11 is 0. The second-order valence-corrected chi connectivity index (χ2v) is 6.55. The van der Waals surface area contributed by atoms with Gasteiger partial charge < -0.3 is 5.32 Å². The Morgan fingerprint density at radius 1 is 1.15 bits per heavy atom. The molecule has 2 heteroatoms. The lowest BCUT2D eigenvalue weighted by molar-refractivity contribution is 0.226. The number of rotatable bonds is 9. The first-order valence-corrected chi connectivity index (χ1v) is 8.21. The maximum absolute atomic E-state index is 3.46. The molecule has 1 N–H and O–H groups in total. The van der Waals surface area contributed by atoms with E-state index in [4.69, 9.17) is 0 Å². The lowest BCUT2D eigenvalue weighted by Crippen LogP contribution is -2.29. The molecule has 1 fully saturated rings. The van der Waals surface area contributed by atoms with Crippen molar-refractivity contribution >= 4 is 0 Å². The van der Waals surface area contributed by atoms with Crippen molar-refractivity contribution in [2.24, 2.45) is 5.92 Å². The van der Waals surface area contributed by atoms with Crippen molar-refractivity contribution in [3.05, 3.63) is 35.4 Å². The van der Waals surface area contributed by atoms with Crippen molar-refractivity contribution in [1.29, 1.82) is 0 Å². The second kappa shape index (κ2) is 7.80. The van der Waals surface area contributed by atoms with E-state index in [1.165, 1.54) is 36.9 Å². The van der Waals surface area contributed by atoms with E-state index in [-0.39, 0.29) is 0 Å². The molecular weight excluding hydrogens is 244 g/mol. The first-order chi connectivity index (χ1) is 9.69. The van der Waals surface area contributed by atoms with Crippen LogP contribution < -0.4 is 5.32 Å². The molecule has 20 heavy (non-hydrogen) atoms. The average Bonchev–Trinajstić information content (AvgIpc) is 3.24. The first-order valence-electron chi connectivity index (χ1n) is 8.21. The van der Waals surface area contributed by atoms with Gasteiger partial charge in [0.05, 0.1) is 0 Å². The lowest BCUT2D eigenvalue weighted by atomic mass is 10.1. The summed E-state index contributed by atoms with van der Waals surface area (Å²) < 4.78 is 0. The average molecular weight is 274 g/mol. The predicted molar refractivity (Wildman–Crippen MR) is 86.7 cm³/mol. The van der Waals surface area contributed by atoms with Gasteiger partial charge >= 0.3 is 0 Å². The third kappa shape index (κ3) is 5.26. The molecule has 0 bridgehead atoms. The molecule has 0 aromatic heterocycles. The minimum absolute atomic E-state index is 0.758. The van der Waals surface area contributed by atoms with Gasteiger partial charge in [-0.25, -0.2) is 0 Å². The third-order valence-electron chi connectivity index (χ3n) is 3.83. The van der Waals surface area contributed by atoms with Crippen LogP contribution in [0.25, 0.3) is 0 Å². The second-order valence-electron chi connectivity index (χ2n) is 6.55. The van der Waals surface area contributed by atoms with Crippen LogP contribution in [0.4, 0.5) is 0 Å². The van der Waals surface area contributed by atoms with E-state index in [0.717, 1.165) is 31.6 Å². The van der Waals surface area contributed by atoms with Crippen LogP contribution >= 0.6 is 0 Å². The molecule has 0 saturated heterocycles. The first kappa shape index (κ1) is 15.5. The molecule has 0 radical (unpaired) electrons. The van der Waals surface area contributed by atoms with E-state index in [2.05, 4.69) is 55.3 Å². The summed E-state index contributed by atoms with van der Waals surface area (Å²) in [5, 5.41) is 3.46. The van der Waals surface area contributed by atoms with E-state index in [1.54, 1.807) is 0 Å². The molecule has 2 nitrogen and oxygen atoms in total. The molecule has 112 valence electrons. The standard InChI is InChI=1S/C18H30N2/c1-4-11-19-12-16-5-7-17(8-6-16)14-20(13-15(2)3)18-9-10-18/h5-8,15,18-19H,4,9-14H2,1-3H3.